The fraction of sp³-hybridized carbons (Fsp3) is 0.478. The van der Waals surface area contributed by atoms with E-state index in [2.05, 4.69) is 21.2 Å². The third-order valence-corrected chi connectivity index (χ3v) is 5.76. The topological polar surface area (TPSA) is 64.6 Å². The first kappa shape index (κ1) is 21.6. The average Bonchev–Trinajstić information content (AvgIpc) is 2.63. The lowest BCUT2D eigenvalue weighted by Crippen LogP contribution is -2.33. The lowest BCUT2D eigenvalue weighted by atomic mass is 9.74. The van der Waals surface area contributed by atoms with E-state index < -0.39 is 5.92 Å². The molecule has 0 spiro atoms. The van der Waals surface area contributed by atoms with Crippen LogP contribution in [0.1, 0.15) is 65.4 Å². The van der Waals surface area contributed by atoms with E-state index in [4.69, 9.17) is 9.47 Å². The number of ketones is 2. The molecule has 1 heterocycles. The van der Waals surface area contributed by atoms with Crippen LogP contribution < -0.4 is 14.8 Å². The molecule has 0 amide bonds. The molecule has 1 atom stereocenters. The van der Waals surface area contributed by atoms with Gasteiger partial charge in [-0.3, -0.25) is 9.59 Å². The van der Waals surface area contributed by atoms with Crippen molar-refractivity contribution in [3.63, 3.8) is 0 Å². The fourth-order valence-corrected chi connectivity index (χ4v) is 4.70. The standard InChI is InChI=1S/C23H28BrNO4/c1-6-28-19-11-15(10-16(24)23(19)29-12(2)3)21-20(14(5)26)13(4)25-17-8-7-9-18(27)22(17)21/h10-12,21,25H,6-9H2,1-5H3. The van der Waals surface area contributed by atoms with Crippen LogP contribution in [0.5, 0.6) is 11.5 Å². The minimum atomic E-state index is -0.403. The Morgan fingerprint density at radius 3 is 2.66 bits per heavy atom. The van der Waals surface area contributed by atoms with Gasteiger partial charge in [0.2, 0.25) is 0 Å². The predicted molar refractivity (Wildman–Crippen MR) is 116 cm³/mol. The molecule has 0 saturated carbocycles. The number of rotatable bonds is 6. The third kappa shape index (κ3) is 4.27. The van der Waals surface area contributed by atoms with E-state index in [1.54, 1.807) is 6.92 Å². The van der Waals surface area contributed by atoms with Crippen LogP contribution in [0, 0.1) is 0 Å². The van der Waals surface area contributed by atoms with Crippen molar-refractivity contribution < 1.29 is 19.1 Å². The van der Waals surface area contributed by atoms with Gasteiger partial charge in [0, 0.05) is 34.9 Å². The highest BCUT2D eigenvalue weighted by Crippen LogP contribution is 2.46. The van der Waals surface area contributed by atoms with E-state index in [1.165, 1.54) is 0 Å². The lowest BCUT2D eigenvalue weighted by molar-refractivity contribution is -0.116. The number of allylic oxidation sites excluding steroid dienone is 4. The van der Waals surface area contributed by atoms with Gasteiger partial charge < -0.3 is 14.8 Å². The van der Waals surface area contributed by atoms with Gasteiger partial charge >= 0.3 is 0 Å². The second-order valence-electron chi connectivity index (χ2n) is 7.75. The van der Waals surface area contributed by atoms with E-state index in [1.807, 2.05) is 39.8 Å². The number of dihydropyridines is 1. The minimum Gasteiger partial charge on any atom is -0.490 e. The summed E-state index contributed by atoms with van der Waals surface area (Å²) in [6.07, 6.45) is 2.14. The molecular weight excluding hydrogens is 434 g/mol. The molecule has 1 aliphatic carbocycles. The van der Waals surface area contributed by atoms with Gasteiger partial charge in [-0.15, -0.1) is 0 Å². The summed E-state index contributed by atoms with van der Waals surface area (Å²) < 4.78 is 12.6. The SMILES string of the molecule is CCOc1cc(C2C(C(C)=O)=C(C)NC3=C2C(=O)CCC3)cc(Br)c1OC(C)C. The maximum atomic E-state index is 12.9. The molecule has 3 rings (SSSR count). The molecular formula is C23H28BrNO4. The van der Waals surface area contributed by atoms with Gasteiger partial charge in [-0.25, -0.2) is 0 Å². The van der Waals surface area contributed by atoms with Crippen molar-refractivity contribution in [1.82, 2.24) is 5.32 Å². The molecule has 1 unspecified atom stereocenters. The molecule has 0 radical (unpaired) electrons. The Kier molecular flexibility index (Phi) is 6.52. The lowest BCUT2D eigenvalue weighted by Gasteiger charge is -2.34. The minimum absolute atomic E-state index is 0.0145. The van der Waals surface area contributed by atoms with E-state index in [-0.39, 0.29) is 17.7 Å². The van der Waals surface area contributed by atoms with E-state index in [9.17, 15) is 9.59 Å². The first-order valence-corrected chi connectivity index (χ1v) is 10.9. The summed E-state index contributed by atoms with van der Waals surface area (Å²) in [6, 6.07) is 3.85. The Morgan fingerprint density at radius 2 is 2.03 bits per heavy atom. The molecule has 6 heteroatoms. The van der Waals surface area contributed by atoms with Crippen LogP contribution in [0.4, 0.5) is 0 Å². The van der Waals surface area contributed by atoms with Crippen LogP contribution in [0.3, 0.4) is 0 Å². The van der Waals surface area contributed by atoms with Crippen LogP contribution >= 0.6 is 15.9 Å². The number of carbonyl (C=O) groups excluding carboxylic acids is 2. The van der Waals surface area contributed by atoms with Crippen molar-refractivity contribution in [3.8, 4) is 11.5 Å². The van der Waals surface area contributed by atoms with E-state index in [0.29, 0.717) is 35.7 Å². The molecule has 156 valence electrons. The normalized spacial score (nSPS) is 19.3. The van der Waals surface area contributed by atoms with Crippen molar-refractivity contribution >= 4 is 27.5 Å². The maximum Gasteiger partial charge on any atom is 0.175 e. The number of nitrogens with one attached hydrogen (secondary N) is 1. The van der Waals surface area contributed by atoms with E-state index in [0.717, 1.165) is 34.3 Å². The van der Waals surface area contributed by atoms with E-state index >= 15 is 0 Å². The van der Waals surface area contributed by atoms with Gasteiger partial charge in [-0.2, -0.15) is 0 Å². The molecule has 0 aromatic heterocycles. The second-order valence-corrected chi connectivity index (χ2v) is 8.61. The summed E-state index contributed by atoms with van der Waals surface area (Å²) >= 11 is 3.62. The molecule has 0 fully saturated rings. The molecule has 1 N–H and O–H groups in total. The summed E-state index contributed by atoms with van der Waals surface area (Å²) in [6.45, 7) is 9.78. The monoisotopic (exact) mass is 461 g/mol. The predicted octanol–water partition coefficient (Wildman–Crippen LogP) is 5.19. The molecule has 1 aliphatic heterocycles. The maximum absolute atomic E-state index is 12.9. The van der Waals surface area contributed by atoms with Crippen LogP contribution in [-0.4, -0.2) is 24.3 Å². The summed E-state index contributed by atoms with van der Waals surface area (Å²) in [5, 5.41) is 3.32. The molecule has 0 saturated heterocycles. The van der Waals surface area contributed by atoms with Crippen LogP contribution in [0.25, 0.3) is 0 Å². The van der Waals surface area contributed by atoms with Crippen molar-refractivity contribution in [1.29, 1.82) is 0 Å². The first-order chi connectivity index (χ1) is 13.7. The number of hydrogen-bond donors (Lipinski definition) is 1. The van der Waals surface area contributed by atoms with Gasteiger partial charge in [-0.1, -0.05) is 0 Å². The summed E-state index contributed by atoms with van der Waals surface area (Å²) in [5.74, 6) is 0.900. The van der Waals surface area contributed by atoms with Crippen LogP contribution in [-0.2, 0) is 9.59 Å². The molecule has 0 bridgehead atoms. The number of Topliss-reactive ketones (excluding diaryl/α,β-unsaturated/α-hetero) is 2. The largest absolute Gasteiger partial charge is 0.490 e. The van der Waals surface area contributed by atoms with Gasteiger partial charge in [0.15, 0.2) is 23.1 Å². The Bertz CT molecular complexity index is 914. The van der Waals surface area contributed by atoms with Gasteiger partial charge in [0.1, 0.15) is 0 Å². The van der Waals surface area contributed by atoms with Crippen molar-refractivity contribution in [3.05, 3.63) is 44.7 Å². The Labute approximate surface area is 180 Å². The fourth-order valence-electron chi connectivity index (χ4n) is 4.15. The Hall–Kier alpha value is -2.08. The zero-order chi connectivity index (χ0) is 21.3. The quantitative estimate of drug-likeness (QED) is 0.630. The molecule has 1 aromatic carbocycles. The molecule has 5 nitrogen and oxygen atoms in total. The number of carbonyl (C=O) groups is 2. The van der Waals surface area contributed by atoms with Crippen molar-refractivity contribution in [2.45, 2.75) is 65.9 Å². The number of hydrogen-bond acceptors (Lipinski definition) is 5. The highest BCUT2D eigenvalue weighted by molar-refractivity contribution is 9.10. The van der Waals surface area contributed by atoms with Crippen LogP contribution in [0.2, 0.25) is 0 Å². The Balaban J connectivity index is 2.21. The molecule has 29 heavy (non-hydrogen) atoms. The number of halogens is 1. The molecule has 1 aromatic rings. The molecule has 2 aliphatic rings. The third-order valence-electron chi connectivity index (χ3n) is 5.17. The summed E-state index contributed by atoms with van der Waals surface area (Å²) in [4.78, 5) is 25.5. The summed E-state index contributed by atoms with van der Waals surface area (Å²) in [7, 11) is 0. The van der Waals surface area contributed by atoms with Gasteiger partial charge in [0.25, 0.3) is 0 Å². The highest BCUT2D eigenvalue weighted by atomic mass is 79.9. The summed E-state index contributed by atoms with van der Waals surface area (Å²) in [5.41, 5.74) is 3.94. The first-order valence-electron chi connectivity index (χ1n) is 10.1. The van der Waals surface area contributed by atoms with Gasteiger partial charge in [-0.05, 0) is 81.1 Å². The zero-order valence-corrected chi connectivity index (χ0v) is 19.2. The van der Waals surface area contributed by atoms with Crippen molar-refractivity contribution in [2.75, 3.05) is 6.61 Å². The van der Waals surface area contributed by atoms with Gasteiger partial charge in [0.05, 0.1) is 17.2 Å². The van der Waals surface area contributed by atoms with Crippen molar-refractivity contribution in [2.24, 2.45) is 0 Å². The van der Waals surface area contributed by atoms with Crippen LogP contribution in [0.15, 0.2) is 39.1 Å². The average molecular weight is 462 g/mol. The number of benzene rings is 1. The zero-order valence-electron chi connectivity index (χ0n) is 17.6. The smallest absolute Gasteiger partial charge is 0.175 e. The second kappa shape index (κ2) is 8.74. The highest BCUT2D eigenvalue weighted by Gasteiger charge is 2.38. The Morgan fingerprint density at radius 1 is 1.31 bits per heavy atom. The number of ether oxygens (including phenoxy) is 2.